The van der Waals surface area contributed by atoms with Gasteiger partial charge in [-0.15, -0.1) is 0 Å². The number of carbonyl (C=O) groups is 4. The lowest BCUT2D eigenvalue weighted by Crippen LogP contribution is -2.54. The van der Waals surface area contributed by atoms with E-state index in [9.17, 15) is 24.3 Å². The normalized spacial score (nSPS) is 13.0. The molecule has 0 aliphatic rings. The van der Waals surface area contributed by atoms with Crippen LogP contribution in [0.4, 0.5) is 0 Å². The standard InChI is InChI=1S/C51H97NO8/c1-10-16-22-30-43(31-23-17-11-2)38-47(54)58-41-50(7,42-59-48(55)39-44(32-24-18-12-3)33-25-19-13-4)40-51(49(56)57,60-46(53)36-28-29-37-52(8)9)45(34-26-20-14-5)35-27-21-15-6/h43-45H,10-42H2,1-9H3,(H,56,57). The van der Waals surface area contributed by atoms with E-state index in [0.717, 1.165) is 154 Å². The molecule has 0 aliphatic heterocycles. The number of carbonyl (C=O) groups excluding carboxylic acids is 3. The van der Waals surface area contributed by atoms with Crippen molar-refractivity contribution in [2.75, 3.05) is 33.9 Å². The lowest BCUT2D eigenvalue weighted by Gasteiger charge is -2.42. The van der Waals surface area contributed by atoms with E-state index in [1.165, 1.54) is 0 Å². The van der Waals surface area contributed by atoms with Gasteiger partial charge in [0.15, 0.2) is 0 Å². The number of hydrogen-bond donors (Lipinski definition) is 1. The van der Waals surface area contributed by atoms with Crippen molar-refractivity contribution in [2.45, 2.75) is 247 Å². The molecule has 0 aromatic rings. The summed E-state index contributed by atoms with van der Waals surface area (Å²) in [5.74, 6) is -2.31. The first-order valence-electron chi connectivity index (χ1n) is 25.2. The number of unbranched alkanes of at least 4 members (excludes halogenated alkanes) is 13. The van der Waals surface area contributed by atoms with Crippen LogP contribution in [-0.4, -0.2) is 73.3 Å². The van der Waals surface area contributed by atoms with Crippen LogP contribution < -0.4 is 0 Å². The first-order chi connectivity index (χ1) is 28.8. The van der Waals surface area contributed by atoms with Crippen LogP contribution in [0.5, 0.6) is 0 Å². The van der Waals surface area contributed by atoms with Crippen molar-refractivity contribution in [3.63, 3.8) is 0 Å². The van der Waals surface area contributed by atoms with E-state index in [-0.39, 0.29) is 49.8 Å². The third kappa shape index (κ3) is 27.7. The fourth-order valence-corrected chi connectivity index (χ4v) is 8.71. The van der Waals surface area contributed by atoms with Gasteiger partial charge in [-0.2, -0.15) is 0 Å². The van der Waals surface area contributed by atoms with Gasteiger partial charge in [0, 0.05) is 37.0 Å². The van der Waals surface area contributed by atoms with Gasteiger partial charge in [-0.3, -0.25) is 14.4 Å². The molecular weight excluding hydrogens is 755 g/mol. The van der Waals surface area contributed by atoms with Crippen LogP contribution in [-0.2, 0) is 33.4 Å². The summed E-state index contributed by atoms with van der Waals surface area (Å²) in [6, 6.07) is 0. The van der Waals surface area contributed by atoms with Gasteiger partial charge in [-0.05, 0) is 83.8 Å². The highest BCUT2D eigenvalue weighted by atomic mass is 16.6. The molecule has 0 amide bonds. The molecule has 0 bridgehead atoms. The van der Waals surface area contributed by atoms with Crippen molar-refractivity contribution in [3.8, 4) is 0 Å². The van der Waals surface area contributed by atoms with E-state index in [4.69, 9.17) is 14.2 Å². The van der Waals surface area contributed by atoms with Gasteiger partial charge >= 0.3 is 23.9 Å². The highest BCUT2D eigenvalue weighted by molar-refractivity contribution is 5.82. The summed E-state index contributed by atoms with van der Waals surface area (Å²) in [6.45, 7) is 15.4. The molecule has 0 saturated heterocycles. The number of ether oxygens (including phenoxy) is 3. The van der Waals surface area contributed by atoms with Crippen molar-refractivity contribution in [1.29, 1.82) is 0 Å². The Labute approximate surface area is 370 Å². The molecule has 1 unspecified atom stereocenters. The highest BCUT2D eigenvalue weighted by Crippen LogP contribution is 2.42. The lowest BCUT2D eigenvalue weighted by molar-refractivity contribution is -0.197. The Bertz CT molecular complexity index is 1020. The molecule has 60 heavy (non-hydrogen) atoms. The smallest absolute Gasteiger partial charge is 0.348 e. The lowest BCUT2D eigenvalue weighted by atomic mass is 9.70. The minimum Gasteiger partial charge on any atom is -0.478 e. The molecule has 0 radical (unpaired) electrons. The van der Waals surface area contributed by atoms with Crippen LogP contribution in [0.1, 0.15) is 241 Å². The monoisotopic (exact) mass is 852 g/mol. The third-order valence-corrected chi connectivity index (χ3v) is 12.5. The van der Waals surface area contributed by atoms with Crippen LogP contribution in [0.25, 0.3) is 0 Å². The second kappa shape index (κ2) is 36.3. The summed E-state index contributed by atoms with van der Waals surface area (Å²) in [5.41, 5.74) is -3.00. The van der Waals surface area contributed by atoms with Crippen LogP contribution in [0.3, 0.4) is 0 Å². The van der Waals surface area contributed by atoms with Crippen molar-refractivity contribution in [3.05, 3.63) is 0 Å². The molecule has 1 N–H and O–H groups in total. The molecule has 0 rings (SSSR count). The summed E-state index contributed by atoms with van der Waals surface area (Å²) >= 11 is 0. The summed E-state index contributed by atoms with van der Waals surface area (Å²) < 4.78 is 18.6. The fraction of sp³-hybridized carbons (Fsp3) is 0.922. The first kappa shape index (κ1) is 57.8. The molecule has 9 nitrogen and oxygen atoms in total. The van der Waals surface area contributed by atoms with Crippen molar-refractivity contribution in [2.24, 2.45) is 23.2 Å². The molecule has 1 atom stereocenters. The quantitative estimate of drug-likeness (QED) is 0.0364. The predicted molar refractivity (Wildman–Crippen MR) is 248 cm³/mol. The number of esters is 3. The van der Waals surface area contributed by atoms with Crippen LogP contribution >= 0.6 is 0 Å². The summed E-state index contributed by atoms with van der Waals surface area (Å²) in [4.78, 5) is 57.2. The van der Waals surface area contributed by atoms with Crippen molar-refractivity contribution in [1.82, 2.24) is 4.90 Å². The Kier molecular flexibility index (Phi) is 35.0. The Morgan fingerprint density at radius 2 is 0.883 bits per heavy atom. The number of nitrogens with zero attached hydrogens (tertiary/aromatic N) is 1. The van der Waals surface area contributed by atoms with Gasteiger partial charge in [0.25, 0.3) is 0 Å². The molecule has 354 valence electrons. The molecule has 0 heterocycles. The SMILES string of the molecule is CCCCCC(CCCCC)CC(=O)OCC(C)(COC(=O)CC(CCCCC)CCCCC)CC(OC(=O)CCCCN(C)C)(C(=O)O)C(CCCCC)CCCCC. The van der Waals surface area contributed by atoms with Gasteiger partial charge in [-0.1, -0.05) is 164 Å². The third-order valence-electron chi connectivity index (χ3n) is 12.5. The van der Waals surface area contributed by atoms with Gasteiger partial charge in [0.1, 0.15) is 13.2 Å². The van der Waals surface area contributed by atoms with E-state index < -0.39 is 28.9 Å². The van der Waals surface area contributed by atoms with E-state index in [0.29, 0.717) is 32.1 Å². The molecule has 0 spiro atoms. The first-order valence-corrected chi connectivity index (χ1v) is 25.2. The summed E-state index contributed by atoms with van der Waals surface area (Å²) in [6.07, 6.45) is 25.9. The second-order valence-electron chi connectivity index (χ2n) is 19.0. The Balaban J connectivity index is 6.93. The van der Waals surface area contributed by atoms with E-state index in [1.807, 2.05) is 21.0 Å². The fourth-order valence-electron chi connectivity index (χ4n) is 8.71. The van der Waals surface area contributed by atoms with Crippen LogP contribution in [0.2, 0.25) is 0 Å². The average molecular weight is 852 g/mol. The molecule has 0 aromatic carbocycles. The minimum atomic E-state index is -1.88. The largest absolute Gasteiger partial charge is 0.478 e. The second-order valence-corrected chi connectivity index (χ2v) is 19.0. The number of carboxylic acids is 1. The van der Waals surface area contributed by atoms with Crippen LogP contribution in [0.15, 0.2) is 0 Å². The van der Waals surface area contributed by atoms with E-state index in [1.54, 1.807) is 0 Å². The number of rotatable bonds is 42. The number of carboxylic acid groups (broad SMARTS) is 1. The maximum atomic E-state index is 13.9. The average Bonchev–Trinajstić information content (AvgIpc) is 3.20. The minimum absolute atomic E-state index is 0.116. The summed E-state index contributed by atoms with van der Waals surface area (Å²) in [5, 5.41) is 11.4. The Morgan fingerprint density at radius 1 is 0.517 bits per heavy atom. The number of hydrogen-bond acceptors (Lipinski definition) is 8. The highest BCUT2D eigenvalue weighted by Gasteiger charge is 2.53. The predicted octanol–water partition coefficient (Wildman–Crippen LogP) is 13.7. The molecule has 9 heteroatoms. The van der Waals surface area contributed by atoms with Crippen molar-refractivity contribution < 1.29 is 38.5 Å². The molecule has 0 saturated carbocycles. The zero-order valence-corrected chi connectivity index (χ0v) is 40.8. The van der Waals surface area contributed by atoms with Gasteiger partial charge in [0.05, 0.1) is 0 Å². The Hall–Kier alpha value is -2.16. The number of aliphatic carboxylic acids is 1. The zero-order chi connectivity index (χ0) is 45.1. The van der Waals surface area contributed by atoms with Crippen LogP contribution in [0, 0.1) is 23.2 Å². The van der Waals surface area contributed by atoms with Gasteiger partial charge < -0.3 is 24.2 Å². The van der Waals surface area contributed by atoms with Gasteiger partial charge in [-0.25, -0.2) is 4.79 Å². The van der Waals surface area contributed by atoms with E-state index in [2.05, 4.69) is 46.4 Å². The van der Waals surface area contributed by atoms with E-state index >= 15 is 0 Å². The maximum absolute atomic E-state index is 13.9. The molecule has 0 aliphatic carbocycles. The molecule has 0 fully saturated rings. The summed E-state index contributed by atoms with van der Waals surface area (Å²) in [7, 11) is 3.98. The maximum Gasteiger partial charge on any atom is 0.348 e. The molecule has 0 aromatic heterocycles. The molecular formula is C51H97NO8. The van der Waals surface area contributed by atoms with Gasteiger partial charge in [0.2, 0.25) is 5.60 Å². The topological polar surface area (TPSA) is 119 Å². The van der Waals surface area contributed by atoms with Crippen molar-refractivity contribution >= 4 is 23.9 Å². The zero-order valence-electron chi connectivity index (χ0n) is 40.8. The Morgan fingerprint density at radius 3 is 1.22 bits per heavy atom.